The molecule has 70 valence electrons. The Labute approximate surface area is 93.5 Å². The normalized spacial score (nSPS) is 10.9. The molecule has 1 rings (SSSR count). The van der Waals surface area contributed by atoms with Crippen LogP contribution in [0.5, 0.6) is 0 Å². The summed E-state index contributed by atoms with van der Waals surface area (Å²) < 4.78 is 7.42. The molecule has 0 spiro atoms. The van der Waals surface area contributed by atoms with Crippen LogP contribution in [0.2, 0.25) is 0 Å². The molecule has 0 heterocycles. The van der Waals surface area contributed by atoms with Gasteiger partial charge >= 0.3 is 93.6 Å². The maximum atomic E-state index is 4.91. The number of halogens is 1. The van der Waals surface area contributed by atoms with Crippen molar-refractivity contribution in [3.05, 3.63) is 39.8 Å². The van der Waals surface area contributed by atoms with Crippen molar-refractivity contribution in [2.24, 2.45) is 0 Å². The number of rotatable bonds is 4. The molecule has 0 unspecified atom stereocenters. The van der Waals surface area contributed by atoms with Crippen LogP contribution in [0.25, 0.3) is 0 Å². The molecular formula is C10H11BrOSe. The summed E-state index contributed by atoms with van der Waals surface area (Å²) in [5.74, 6) is 0. The van der Waals surface area contributed by atoms with Gasteiger partial charge in [0.1, 0.15) is 0 Å². The number of ether oxygens (including phenoxy) is 1. The van der Waals surface area contributed by atoms with Gasteiger partial charge in [0.05, 0.1) is 0 Å². The Balaban J connectivity index is 2.41. The van der Waals surface area contributed by atoms with Crippen molar-refractivity contribution in [1.29, 1.82) is 0 Å². The predicted octanol–water partition coefficient (Wildman–Crippen LogP) is 1.94. The van der Waals surface area contributed by atoms with E-state index >= 15 is 0 Å². The van der Waals surface area contributed by atoms with E-state index in [-0.39, 0.29) is 0 Å². The Morgan fingerprint density at radius 1 is 1.38 bits per heavy atom. The number of hydrogen-bond acceptors (Lipinski definition) is 1. The van der Waals surface area contributed by atoms with Crippen molar-refractivity contribution >= 4 is 35.3 Å². The van der Waals surface area contributed by atoms with E-state index in [2.05, 4.69) is 51.2 Å². The van der Waals surface area contributed by atoms with Gasteiger partial charge in [0.25, 0.3) is 0 Å². The first-order chi connectivity index (χ1) is 6.33. The topological polar surface area (TPSA) is 9.23 Å². The molecule has 0 aromatic heterocycles. The molecule has 0 fully saturated rings. The molecule has 1 aromatic rings. The molecule has 1 nitrogen and oxygen atoms in total. The zero-order valence-corrected chi connectivity index (χ0v) is 10.7. The van der Waals surface area contributed by atoms with Gasteiger partial charge in [-0.1, -0.05) is 0 Å². The van der Waals surface area contributed by atoms with Crippen molar-refractivity contribution < 1.29 is 4.74 Å². The third kappa shape index (κ3) is 4.63. The van der Waals surface area contributed by atoms with Crippen LogP contribution in [0, 0.1) is 0 Å². The standard InChI is InChI=1S/C10H11BrOSe/c1-12-7-2-8-13-10-5-3-9(11)4-6-10/h2-6,8H,7H2,1H3/b8-2+. The van der Waals surface area contributed by atoms with Gasteiger partial charge in [-0.25, -0.2) is 0 Å². The fourth-order valence-electron chi connectivity index (χ4n) is 0.775. The van der Waals surface area contributed by atoms with Crippen molar-refractivity contribution in [3.8, 4) is 0 Å². The van der Waals surface area contributed by atoms with E-state index in [0.717, 1.165) is 4.47 Å². The first-order valence-corrected chi connectivity index (χ1v) is 6.53. The molecule has 0 aliphatic carbocycles. The van der Waals surface area contributed by atoms with Gasteiger partial charge in [-0.2, -0.15) is 0 Å². The molecule has 0 radical (unpaired) electrons. The monoisotopic (exact) mass is 306 g/mol. The summed E-state index contributed by atoms with van der Waals surface area (Å²) in [6, 6.07) is 8.42. The van der Waals surface area contributed by atoms with Crippen LogP contribution in [0.3, 0.4) is 0 Å². The summed E-state index contributed by atoms with van der Waals surface area (Å²) in [6.07, 6.45) is 2.06. The third-order valence-corrected chi connectivity index (χ3v) is 3.74. The fraction of sp³-hybridized carbons (Fsp3) is 0.200. The van der Waals surface area contributed by atoms with Crippen molar-refractivity contribution in [2.75, 3.05) is 13.7 Å². The van der Waals surface area contributed by atoms with Gasteiger partial charge in [0, 0.05) is 0 Å². The third-order valence-electron chi connectivity index (χ3n) is 1.38. The van der Waals surface area contributed by atoms with Crippen molar-refractivity contribution in [3.63, 3.8) is 0 Å². The SMILES string of the molecule is COC/C=C/[Se]c1ccc(Br)cc1. The van der Waals surface area contributed by atoms with E-state index in [9.17, 15) is 0 Å². The van der Waals surface area contributed by atoms with E-state index in [1.807, 2.05) is 0 Å². The van der Waals surface area contributed by atoms with Crippen LogP contribution in [-0.4, -0.2) is 28.7 Å². The molecule has 0 N–H and O–H groups in total. The van der Waals surface area contributed by atoms with Gasteiger partial charge in [0.2, 0.25) is 0 Å². The van der Waals surface area contributed by atoms with E-state index in [1.165, 1.54) is 4.46 Å². The zero-order chi connectivity index (χ0) is 9.52. The molecular weight excluding hydrogens is 295 g/mol. The first kappa shape index (κ1) is 11.0. The molecule has 1 aromatic carbocycles. The average molecular weight is 306 g/mol. The van der Waals surface area contributed by atoms with Crippen LogP contribution in [0.1, 0.15) is 0 Å². The zero-order valence-electron chi connectivity index (χ0n) is 7.37. The fourth-order valence-corrected chi connectivity index (χ4v) is 2.35. The Bertz CT molecular complexity index is 269. The van der Waals surface area contributed by atoms with Crippen LogP contribution in [-0.2, 0) is 4.74 Å². The van der Waals surface area contributed by atoms with Gasteiger partial charge in [-0.3, -0.25) is 0 Å². The van der Waals surface area contributed by atoms with Crippen LogP contribution < -0.4 is 4.46 Å². The van der Waals surface area contributed by atoms with E-state index in [1.54, 1.807) is 7.11 Å². The Morgan fingerprint density at radius 3 is 2.69 bits per heavy atom. The second-order valence-corrected chi connectivity index (χ2v) is 5.37. The maximum absolute atomic E-state index is 4.91. The van der Waals surface area contributed by atoms with Crippen LogP contribution >= 0.6 is 15.9 Å². The number of methoxy groups -OCH3 is 1. The van der Waals surface area contributed by atoms with Crippen molar-refractivity contribution in [2.45, 2.75) is 0 Å². The molecule has 13 heavy (non-hydrogen) atoms. The molecule has 0 amide bonds. The Hall–Kier alpha value is -0.0805. The molecule has 0 aliphatic heterocycles. The Kier molecular flexibility index (Phi) is 5.40. The van der Waals surface area contributed by atoms with E-state index in [0.29, 0.717) is 21.6 Å². The minimum absolute atomic E-state index is 0.430. The summed E-state index contributed by atoms with van der Waals surface area (Å²) in [4.78, 5) is 2.18. The molecule has 0 atom stereocenters. The minimum atomic E-state index is 0.430. The quantitative estimate of drug-likeness (QED) is 0.773. The summed E-state index contributed by atoms with van der Waals surface area (Å²) in [7, 11) is 1.71. The average Bonchev–Trinajstić information content (AvgIpc) is 2.15. The molecule has 0 saturated carbocycles. The van der Waals surface area contributed by atoms with Crippen molar-refractivity contribution in [1.82, 2.24) is 0 Å². The summed E-state index contributed by atoms with van der Waals surface area (Å²) in [5.41, 5.74) is 0. The first-order valence-electron chi connectivity index (χ1n) is 3.89. The van der Waals surface area contributed by atoms with Gasteiger partial charge in [0.15, 0.2) is 0 Å². The molecule has 0 saturated heterocycles. The predicted molar refractivity (Wildman–Crippen MR) is 60.5 cm³/mol. The molecule has 0 aliphatic rings. The summed E-state index contributed by atoms with van der Waals surface area (Å²) in [5, 5.41) is 0. The second kappa shape index (κ2) is 6.38. The summed E-state index contributed by atoms with van der Waals surface area (Å²) >= 11 is 3.84. The Morgan fingerprint density at radius 2 is 2.08 bits per heavy atom. The molecule has 0 bridgehead atoms. The van der Waals surface area contributed by atoms with Gasteiger partial charge < -0.3 is 0 Å². The van der Waals surface area contributed by atoms with Crippen LogP contribution in [0.15, 0.2) is 39.8 Å². The van der Waals surface area contributed by atoms with E-state index < -0.39 is 0 Å². The van der Waals surface area contributed by atoms with Crippen LogP contribution in [0.4, 0.5) is 0 Å². The second-order valence-electron chi connectivity index (χ2n) is 2.40. The van der Waals surface area contributed by atoms with E-state index in [4.69, 9.17) is 4.74 Å². The number of hydrogen-bond donors (Lipinski definition) is 0. The van der Waals surface area contributed by atoms with Gasteiger partial charge in [-0.05, 0) is 0 Å². The van der Waals surface area contributed by atoms with Gasteiger partial charge in [-0.15, -0.1) is 0 Å². The molecule has 3 heteroatoms. The summed E-state index contributed by atoms with van der Waals surface area (Å²) in [6.45, 7) is 0.707. The number of benzene rings is 1.